The normalized spacial score (nSPS) is 16.5. The summed E-state index contributed by atoms with van der Waals surface area (Å²) in [5, 5.41) is 15.0. The van der Waals surface area contributed by atoms with Gasteiger partial charge in [-0.15, -0.1) is 0 Å². The summed E-state index contributed by atoms with van der Waals surface area (Å²) in [5.41, 5.74) is 4.64. The number of aryl methyl sites for hydroxylation is 2. The average molecular weight is 675 g/mol. The van der Waals surface area contributed by atoms with Crippen molar-refractivity contribution in [3.8, 4) is 17.1 Å². The largest absolute Gasteiger partial charge is 0.465 e. The third-order valence-electron chi connectivity index (χ3n) is 8.90. The second-order valence-corrected chi connectivity index (χ2v) is 12.6. The number of carbonyl (C=O) groups excluding carboxylic acids is 4. The van der Waals surface area contributed by atoms with Crippen LogP contribution < -0.4 is 10.6 Å². The fraction of sp³-hybridized carbons (Fsp3) is 0.556. The molecule has 0 bridgehead atoms. The van der Waals surface area contributed by atoms with Crippen LogP contribution in [0.2, 0.25) is 12.6 Å². The molecule has 2 saturated heterocycles. The van der Waals surface area contributed by atoms with Gasteiger partial charge in [0.25, 0.3) is 6.71 Å². The summed E-state index contributed by atoms with van der Waals surface area (Å²) in [6, 6.07) is 10.2. The summed E-state index contributed by atoms with van der Waals surface area (Å²) in [5.74, 6) is 2.18. The van der Waals surface area contributed by atoms with Crippen molar-refractivity contribution < 1.29 is 28.7 Å². The Morgan fingerprint density at radius 3 is 2.59 bits per heavy atom. The molecule has 3 amide bonds. The lowest BCUT2D eigenvalue weighted by molar-refractivity contribution is -0.145. The van der Waals surface area contributed by atoms with Crippen LogP contribution in [-0.2, 0) is 35.1 Å². The minimum atomic E-state index is -0.404. The van der Waals surface area contributed by atoms with E-state index in [1.807, 2.05) is 38.2 Å². The zero-order valence-corrected chi connectivity index (χ0v) is 29.4. The van der Waals surface area contributed by atoms with Crippen molar-refractivity contribution in [3.63, 3.8) is 0 Å². The Balaban J connectivity index is 0.000000308. The Bertz CT molecular complexity index is 1430. The predicted molar refractivity (Wildman–Crippen MR) is 190 cm³/mol. The van der Waals surface area contributed by atoms with E-state index < -0.39 is 6.71 Å². The quantitative estimate of drug-likeness (QED) is 0.124. The molecule has 264 valence electrons. The maximum atomic E-state index is 12.7. The van der Waals surface area contributed by atoms with E-state index in [-0.39, 0.29) is 36.1 Å². The number of likely N-dealkylation sites (tertiary alicyclic amines) is 2. The number of hydrogen-bond acceptors (Lipinski definition) is 9. The number of carbonyl (C=O) groups is 4. The predicted octanol–water partition coefficient (Wildman–Crippen LogP) is 3.76. The van der Waals surface area contributed by atoms with Gasteiger partial charge in [-0.3, -0.25) is 29.1 Å². The number of pyridine rings is 1. The minimum Gasteiger partial charge on any atom is -0.465 e. The fourth-order valence-electron chi connectivity index (χ4n) is 5.97. The van der Waals surface area contributed by atoms with E-state index >= 15 is 0 Å². The van der Waals surface area contributed by atoms with E-state index in [1.165, 1.54) is 5.56 Å². The number of aromatic nitrogens is 1. The average Bonchev–Trinajstić information content (AvgIpc) is 3.10. The van der Waals surface area contributed by atoms with Gasteiger partial charge in [0.15, 0.2) is 0 Å². The van der Waals surface area contributed by atoms with Gasteiger partial charge in [0.1, 0.15) is 0 Å². The molecule has 0 radical (unpaired) electrons. The van der Waals surface area contributed by atoms with Crippen LogP contribution in [0.1, 0.15) is 50.8 Å². The lowest BCUT2D eigenvalue weighted by atomic mass is 9.43. The molecule has 1 aromatic heterocycles. The number of amides is 3. The number of nitrogens with zero attached hydrogens (tertiary/aromatic N) is 4. The van der Waals surface area contributed by atoms with Gasteiger partial charge in [-0.05, 0) is 62.6 Å². The number of ether oxygens (including phenoxy) is 2. The number of anilines is 1. The highest BCUT2D eigenvalue weighted by Crippen LogP contribution is 2.26. The molecule has 1 unspecified atom stereocenters. The summed E-state index contributed by atoms with van der Waals surface area (Å²) >= 11 is 0. The van der Waals surface area contributed by atoms with Crippen molar-refractivity contribution in [1.82, 2.24) is 20.1 Å². The molecule has 1 aromatic carbocycles. The molecule has 2 N–H and O–H groups in total. The van der Waals surface area contributed by atoms with Crippen molar-refractivity contribution >= 4 is 36.6 Å². The highest BCUT2D eigenvalue weighted by Gasteiger charge is 2.29. The van der Waals surface area contributed by atoms with E-state index in [4.69, 9.17) is 9.47 Å². The van der Waals surface area contributed by atoms with Gasteiger partial charge in [0, 0.05) is 63.7 Å². The molecule has 2 aliphatic heterocycles. The molecule has 2 aliphatic rings. The number of nitriles is 1. The second kappa shape index (κ2) is 20.9. The Labute approximate surface area is 291 Å². The summed E-state index contributed by atoms with van der Waals surface area (Å²) < 4.78 is 10.5. The zero-order valence-electron chi connectivity index (χ0n) is 29.4. The van der Waals surface area contributed by atoms with Gasteiger partial charge in [-0.2, -0.15) is 0 Å². The molecule has 2 fully saturated rings. The molecular formula is C36H51BN6O6. The highest BCUT2D eigenvalue weighted by atomic mass is 16.5. The van der Waals surface area contributed by atoms with Crippen LogP contribution in [0.25, 0.3) is 11.1 Å². The standard InChI is InChI=1S/C24H29BN4O2.C12H22N2O4/c1-4-18-6-5-7-20(10-18)21-12-22(17(2)27-15-21)28-23(30)14-25(16-26)13-19-8-9-29(3)24(31)11-19;1-2-17-12(16)9-14-6-3-11(4-7-14)18-8-5-13-10-15/h5-7,10,12,15,19H,4,8-9,11,13-14H2,1-3H3,(H,28,30);10-11H,2-9H2,1H3,(H,13,15). The molecule has 0 aliphatic carbocycles. The van der Waals surface area contributed by atoms with Gasteiger partial charge in [0.2, 0.25) is 18.2 Å². The van der Waals surface area contributed by atoms with Crippen LogP contribution in [0.4, 0.5) is 5.69 Å². The Morgan fingerprint density at radius 1 is 1.14 bits per heavy atom. The first-order chi connectivity index (χ1) is 23.6. The first-order valence-corrected chi connectivity index (χ1v) is 17.3. The van der Waals surface area contributed by atoms with Crippen molar-refractivity contribution in [2.75, 3.05) is 58.3 Å². The molecule has 1 atom stereocenters. The molecule has 12 nitrogen and oxygen atoms in total. The van der Waals surface area contributed by atoms with Gasteiger partial charge in [-0.1, -0.05) is 37.5 Å². The molecule has 49 heavy (non-hydrogen) atoms. The van der Waals surface area contributed by atoms with E-state index in [1.54, 1.807) is 11.9 Å². The molecule has 3 heterocycles. The smallest absolute Gasteiger partial charge is 0.320 e. The van der Waals surface area contributed by atoms with Crippen LogP contribution in [-0.4, -0.2) is 105 Å². The first kappa shape index (κ1) is 39.2. The van der Waals surface area contributed by atoms with E-state index in [2.05, 4.69) is 45.5 Å². The topological polar surface area (TPSA) is 154 Å². The Hall–Kier alpha value is -4.28. The minimum absolute atomic E-state index is 0.114. The summed E-state index contributed by atoms with van der Waals surface area (Å²) in [6.45, 7) is 9.69. The zero-order chi connectivity index (χ0) is 35.6. The van der Waals surface area contributed by atoms with Gasteiger partial charge >= 0.3 is 5.97 Å². The Kier molecular flexibility index (Phi) is 16.7. The third-order valence-corrected chi connectivity index (χ3v) is 8.90. The number of piperidine rings is 2. The van der Waals surface area contributed by atoms with E-state index in [9.17, 15) is 24.4 Å². The maximum absolute atomic E-state index is 12.7. The van der Waals surface area contributed by atoms with Gasteiger partial charge < -0.3 is 25.0 Å². The second-order valence-electron chi connectivity index (χ2n) is 12.6. The highest BCUT2D eigenvalue weighted by molar-refractivity contribution is 6.70. The fourth-order valence-corrected chi connectivity index (χ4v) is 5.97. The molecule has 2 aromatic rings. The van der Waals surface area contributed by atoms with Crippen molar-refractivity contribution in [2.24, 2.45) is 5.92 Å². The monoisotopic (exact) mass is 674 g/mol. The van der Waals surface area contributed by atoms with Crippen LogP contribution in [0.3, 0.4) is 0 Å². The number of nitrogens with one attached hydrogen (secondary N) is 2. The summed E-state index contributed by atoms with van der Waals surface area (Å²) in [7, 11) is 1.80. The Morgan fingerprint density at radius 2 is 1.92 bits per heavy atom. The number of hydrogen-bond donors (Lipinski definition) is 2. The molecular weight excluding hydrogens is 623 g/mol. The van der Waals surface area contributed by atoms with Crippen LogP contribution in [0.5, 0.6) is 0 Å². The van der Waals surface area contributed by atoms with Crippen LogP contribution in [0.15, 0.2) is 36.5 Å². The summed E-state index contributed by atoms with van der Waals surface area (Å²) in [6.07, 6.45) is 7.53. The lowest BCUT2D eigenvalue weighted by Gasteiger charge is -2.31. The molecule has 13 heteroatoms. The van der Waals surface area contributed by atoms with Gasteiger partial charge in [-0.25, -0.2) is 5.26 Å². The number of esters is 1. The van der Waals surface area contributed by atoms with Crippen LogP contribution >= 0.6 is 0 Å². The molecule has 4 rings (SSSR count). The van der Waals surface area contributed by atoms with E-state index in [0.29, 0.717) is 57.7 Å². The lowest BCUT2D eigenvalue weighted by Crippen LogP contribution is -2.40. The van der Waals surface area contributed by atoms with E-state index in [0.717, 1.165) is 55.6 Å². The van der Waals surface area contributed by atoms with Crippen LogP contribution in [0, 0.1) is 24.1 Å². The molecule has 0 spiro atoms. The number of benzene rings is 1. The maximum Gasteiger partial charge on any atom is 0.320 e. The first-order valence-electron chi connectivity index (χ1n) is 17.3. The summed E-state index contributed by atoms with van der Waals surface area (Å²) in [4.78, 5) is 54.2. The van der Waals surface area contributed by atoms with Crippen molar-refractivity contribution in [1.29, 1.82) is 5.26 Å². The molecule has 0 saturated carbocycles. The number of rotatable bonds is 15. The third kappa shape index (κ3) is 13.6. The SMILES string of the molecule is CCOC(=O)CN1CCC(OCCNC=O)CC1.CCc1cccc(-c2cnc(C)c(NC(=O)CB(C#N)CC3CCN(C)C(=O)C3)c2)c1. The van der Waals surface area contributed by atoms with Crippen molar-refractivity contribution in [2.45, 2.75) is 71.6 Å². The van der Waals surface area contributed by atoms with Gasteiger partial charge in [0.05, 0.1) is 37.2 Å². The van der Waals surface area contributed by atoms with Crippen molar-refractivity contribution in [3.05, 3.63) is 47.8 Å².